The summed E-state index contributed by atoms with van der Waals surface area (Å²) in [5, 5.41) is 2.91. The highest BCUT2D eigenvalue weighted by molar-refractivity contribution is 5.91. The first-order valence-electron chi connectivity index (χ1n) is 11.5. The number of rotatable bonds is 9. The predicted octanol–water partition coefficient (Wildman–Crippen LogP) is 7.27. The van der Waals surface area contributed by atoms with Gasteiger partial charge in [-0.15, -0.1) is 0 Å². The Morgan fingerprint density at radius 1 is 0.882 bits per heavy atom. The number of para-hydroxylation sites is 2. The Hall–Kier alpha value is -3.99. The molecule has 0 fully saturated rings. The summed E-state index contributed by atoms with van der Waals surface area (Å²) in [6.07, 6.45) is 0.625. The number of hydrogen-bond donors (Lipinski definition) is 1. The summed E-state index contributed by atoms with van der Waals surface area (Å²) in [4.78, 5) is 12.6. The molecule has 4 aromatic rings. The van der Waals surface area contributed by atoms with E-state index in [-0.39, 0.29) is 17.6 Å². The van der Waals surface area contributed by atoms with Crippen molar-refractivity contribution in [3.05, 3.63) is 107 Å². The third-order valence-electron chi connectivity index (χ3n) is 5.52. The molecule has 0 aliphatic rings. The second kappa shape index (κ2) is 10.8. The molecule has 0 saturated heterocycles. The standard InChI is InChI=1S/C29H29NO4/c1-20(2)23-14-13-21(3)27(19-23)34-28-16-15-26(33-28)29(31)30-18-17-22-9-7-8-12-25(22)32-24-10-5-4-6-11-24/h4-16,19-20H,17-18H2,1-3H3,(H,30,31). The van der Waals surface area contributed by atoms with Crippen LogP contribution in [0.15, 0.2) is 89.3 Å². The summed E-state index contributed by atoms with van der Waals surface area (Å²) in [7, 11) is 0. The van der Waals surface area contributed by atoms with E-state index in [0.29, 0.717) is 18.9 Å². The highest BCUT2D eigenvalue weighted by Crippen LogP contribution is 2.30. The normalized spacial score (nSPS) is 10.8. The zero-order chi connectivity index (χ0) is 23.9. The van der Waals surface area contributed by atoms with Gasteiger partial charge in [-0.2, -0.15) is 0 Å². The van der Waals surface area contributed by atoms with E-state index in [1.807, 2.05) is 73.7 Å². The van der Waals surface area contributed by atoms with Crippen molar-refractivity contribution in [3.63, 3.8) is 0 Å². The second-order valence-electron chi connectivity index (χ2n) is 8.43. The van der Waals surface area contributed by atoms with Crippen LogP contribution >= 0.6 is 0 Å². The van der Waals surface area contributed by atoms with Crippen LogP contribution in [-0.4, -0.2) is 12.5 Å². The summed E-state index contributed by atoms with van der Waals surface area (Å²) >= 11 is 0. The number of furan rings is 1. The van der Waals surface area contributed by atoms with Crippen molar-refractivity contribution in [2.45, 2.75) is 33.1 Å². The van der Waals surface area contributed by atoms with E-state index in [9.17, 15) is 4.79 Å². The van der Waals surface area contributed by atoms with Crippen LogP contribution in [0.4, 0.5) is 0 Å². The van der Waals surface area contributed by atoms with E-state index >= 15 is 0 Å². The lowest BCUT2D eigenvalue weighted by Gasteiger charge is -2.11. The lowest BCUT2D eigenvalue weighted by Crippen LogP contribution is -2.25. The number of benzene rings is 3. The fourth-order valence-electron chi connectivity index (χ4n) is 3.51. The maximum Gasteiger partial charge on any atom is 0.290 e. The quantitative estimate of drug-likeness (QED) is 0.288. The lowest BCUT2D eigenvalue weighted by atomic mass is 10.0. The van der Waals surface area contributed by atoms with E-state index in [4.69, 9.17) is 13.9 Å². The van der Waals surface area contributed by atoms with Crippen molar-refractivity contribution < 1.29 is 18.7 Å². The van der Waals surface area contributed by atoms with Gasteiger partial charge < -0.3 is 19.2 Å². The molecular weight excluding hydrogens is 426 g/mol. The average Bonchev–Trinajstić information content (AvgIpc) is 3.31. The molecular formula is C29H29NO4. The topological polar surface area (TPSA) is 60.7 Å². The number of carbonyl (C=O) groups excluding carboxylic acids is 1. The molecule has 0 atom stereocenters. The number of aryl methyl sites for hydroxylation is 1. The molecule has 5 heteroatoms. The van der Waals surface area contributed by atoms with Crippen molar-refractivity contribution in [2.75, 3.05) is 6.54 Å². The summed E-state index contributed by atoms with van der Waals surface area (Å²) in [6.45, 7) is 6.70. The van der Waals surface area contributed by atoms with Gasteiger partial charge in [-0.05, 0) is 66.3 Å². The fraction of sp³-hybridized carbons (Fsp3) is 0.207. The molecule has 0 bridgehead atoms. The van der Waals surface area contributed by atoms with Gasteiger partial charge in [0.25, 0.3) is 11.9 Å². The first-order chi connectivity index (χ1) is 16.5. The highest BCUT2D eigenvalue weighted by atomic mass is 16.6. The fourth-order valence-corrected chi connectivity index (χ4v) is 3.51. The first-order valence-corrected chi connectivity index (χ1v) is 11.5. The molecule has 3 aromatic carbocycles. The molecule has 174 valence electrons. The van der Waals surface area contributed by atoms with Gasteiger partial charge in [0.2, 0.25) is 0 Å². The van der Waals surface area contributed by atoms with Crippen LogP contribution in [0, 0.1) is 6.92 Å². The molecule has 0 aliphatic heterocycles. The second-order valence-corrected chi connectivity index (χ2v) is 8.43. The minimum absolute atomic E-state index is 0.210. The van der Waals surface area contributed by atoms with Crippen molar-refractivity contribution in [3.8, 4) is 23.2 Å². The molecule has 0 spiro atoms. The molecule has 34 heavy (non-hydrogen) atoms. The molecule has 0 saturated carbocycles. The maximum absolute atomic E-state index is 12.6. The Bertz CT molecular complexity index is 1240. The Labute approximate surface area is 200 Å². The summed E-state index contributed by atoms with van der Waals surface area (Å²) in [5.74, 6) is 2.87. The van der Waals surface area contributed by atoms with Crippen molar-refractivity contribution in [1.82, 2.24) is 5.32 Å². The largest absolute Gasteiger partial charge is 0.457 e. The molecule has 1 heterocycles. The smallest absolute Gasteiger partial charge is 0.290 e. The Balaban J connectivity index is 1.34. The van der Waals surface area contributed by atoms with Gasteiger partial charge >= 0.3 is 0 Å². The third-order valence-corrected chi connectivity index (χ3v) is 5.52. The van der Waals surface area contributed by atoms with Crippen LogP contribution in [0.1, 0.15) is 47.0 Å². The maximum atomic E-state index is 12.6. The number of amides is 1. The van der Waals surface area contributed by atoms with Crippen LogP contribution in [0.25, 0.3) is 0 Å². The van der Waals surface area contributed by atoms with Crippen LogP contribution in [0.3, 0.4) is 0 Å². The number of nitrogens with one attached hydrogen (secondary N) is 1. The molecule has 4 rings (SSSR count). The van der Waals surface area contributed by atoms with Gasteiger partial charge in [0.05, 0.1) is 0 Å². The molecule has 5 nitrogen and oxygen atoms in total. The highest BCUT2D eigenvalue weighted by Gasteiger charge is 2.14. The predicted molar refractivity (Wildman–Crippen MR) is 133 cm³/mol. The number of hydrogen-bond acceptors (Lipinski definition) is 4. The summed E-state index contributed by atoms with van der Waals surface area (Å²) in [6, 6.07) is 26.9. The minimum atomic E-state index is -0.288. The van der Waals surface area contributed by atoms with E-state index < -0.39 is 0 Å². The molecule has 1 N–H and O–H groups in total. The molecule has 0 aliphatic carbocycles. The van der Waals surface area contributed by atoms with Crippen LogP contribution in [0.5, 0.6) is 23.2 Å². The van der Waals surface area contributed by atoms with Crippen molar-refractivity contribution in [1.29, 1.82) is 0 Å². The third kappa shape index (κ3) is 5.87. The lowest BCUT2D eigenvalue weighted by molar-refractivity contribution is 0.0921. The van der Waals surface area contributed by atoms with Gasteiger partial charge in [0.1, 0.15) is 17.2 Å². The average molecular weight is 456 g/mol. The van der Waals surface area contributed by atoms with E-state index in [1.54, 1.807) is 12.1 Å². The van der Waals surface area contributed by atoms with Crippen LogP contribution in [0.2, 0.25) is 0 Å². The number of ether oxygens (including phenoxy) is 2. The van der Waals surface area contributed by atoms with Gasteiger partial charge in [0.15, 0.2) is 5.76 Å². The molecule has 0 unspecified atom stereocenters. The van der Waals surface area contributed by atoms with Gasteiger partial charge in [-0.25, -0.2) is 0 Å². The summed E-state index contributed by atoms with van der Waals surface area (Å²) < 4.78 is 17.6. The first kappa shape index (κ1) is 23.2. The number of carbonyl (C=O) groups is 1. The Morgan fingerprint density at radius 2 is 1.65 bits per heavy atom. The van der Waals surface area contributed by atoms with E-state index in [2.05, 4.69) is 25.2 Å². The Kier molecular flexibility index (Phi) is 7.33. The van der Waals surface area contributed by atoms with E-state index in [0.717, 1.165) is 28.4 Å². The van der Waals surface area contributed by atoms with Crippen LogP contribution < -0.4 is 14.8 Å². The van der Waals surface area contributed by atoms with Crippen LogP contribution in [-0.2, 0) is 6.42 Å². The zero-order valence-corrected chi connectivity index (χ0v) is 19.7. The van der Waals surface area contributed by atoms with Gasteiger partial charge in [-0.3, -0.25) is 4.79 Å². The Morgan fingerprint density at radius 3 is 2.44 bits per heavy atom. The van der Waals surface area contributed by atoms with Crippen molar-refractivity contribution >= 4 is 5.91 Å². The molecule has 1 amide bonds. The van der Waals surface area contributed by atoms with Gasteiger partial charge in [0, 0.05) is 12.6 Å². The van der Waals surface area contributed by atoms with E-state index in [1.165, 1.54) is 5.56 Å². The SMILES string of the molecule is Cc1ccc(C(C)C)cc1Oc1ccc(C(=O)NCCc2ccccc2Oc2ccccc2)o1. The zero-order valence-electron chi connectivity index (χ0n) is 19.7. The van der Waals surface area contributed by atoms with Crippen molar-refractivity contribution in [2.24, 2.45) is 0 Å². The molecule has 1 aromatic heterocycles. The van der Waals surface area contributed by atoms with Gasteiger partial charge in [-0.1, -0.05) is 62.4 Å². The summed E-state index contributed by atoms with van der Waals surface area (Å²) in [5.41, 5.74) is 3.19. The monoisotopic (exact) mass is 455 g/mol. The minimum Gasteiger partial charge on any atom is -0.457 e. The molecule has 0 radical (unpaired) electrons.